The second kappa shape index (κ2) is 15.4. The van der Waals surface area contributed by atoms with Crippen LogP contribution in [0.1, 0.15) is 47.6 Å². The van der Waals surface area contributed by atoms with Crippen LogP contribution < -0.4 is 10.1 Å². The number of amides is 2. The van der Waals surface area contributed by atoms with Crippen LogP contribution in [0.25, 0.3) is 0 Å². The third-order valence-electron chi connectivity index (χ3n) is 8.17. The zero-order valence-corrected chi connectivity index (χ0v) is 27.3. The van der Waals surface area contributed by atoms with E-state index >= 15 is 0 Å². The zero-order chi connectivity index (χ0) is 32.5. The van der Waals surface area contributed by atoms with E-state index in [1.165, 1.54) is 4.31 Å². The van der Waals surface area contributed by atoms with Crippen LogP contribution in [-0.2, 0) is 39.1 Å². The molecule has 240 valence electrons. The Morgan fingerprint density at radius 3 is 2.15 bits per heavy atom. The topological polar surface area (TPSA) is 96.0 Å². The summed E-state index contributed by atoms with van der Waals surface area (Å²) in [4.78, 5) is 29.9. The van der Waals surface area contributed by atoms with E-state index in [9.17, 15) is 18.0 Å². The van der Waals surface area contributed by atoms with Crippen LogP contribution in [0.4, 0.5) is 0 Å². The fourth-order valence-electron chi connectivity index (χ4n) is 5.58. The van der Waals surface area contributed by atoms with E-state index in [4.69, 9.17) is 16.3 Å². The SMILES string of the molecule is COc1ccc(CN(C(=O)CCc2ccc(S(=O)(=O)N3CCCC3)cc2)[C@@H](C(=O)NCc2ccccc2Cl)c2ccccc2)cc1. The van der Waals surface area contributed by atoms with Gasteiger partial charge < -0.3 is 15.0 Å². The van der Waals surface area contributed by atoms with E-state index in [-0.39, 0.29) is 36.2 Å². The number of halogens is 1. The lowest BCUT2D eigenvalue weighted by molar-refractivity contribution is -0.141. The Labute approximate surface area is 276 Å². The van der Waals surface area contributed by atoms with E-state index in [0.29, 0.717) is 35.8 Å². The van der Waals surface area contributed by atoms with E-state index in [0.717, 1.165) is 29.5 Å². The first-order valence-electron chi connectivity index (χ1n) is 15.3. The summed E-state index contributed by atoms with van der Waals surface area (Å²) in [5.74, 6) is 0.143. The Kier molecular flexibility index (Phi) is 11.1. The normalized spacial score (nSPS) is 14.0. The number of rotatable bonds is 13. The van der Waals surface area contributed by atoms with Gasteiger partial charge in [0.1, 0.15) is 11.8 Å². The van der Waals surface area contributed by atoms with Gasteiger partial charge in [0.05, 0.1) is 12.0 Å². The molecule has 4 aromatic carbocycles. The highest BCUT2D eigenvalue weighted by molar-refractivity contribution is 7.89. The predicted molar refractivity (Wildman–Crippen MR) is 179 cm³/mol. The highest BCUT2D eigenvalue weighted by atomic mass is 35.5. The van der Waals surface area contributed by atoms with Crippen molar-refractivity contribution in [2.45, 2.75) is 49.7 Å². The summed E-state index contributed by atoms with van der Waals surface area (Å²) in [7, 11) is -1.93. The average Bonchev–Trinajstić information content (AvgIpc) is 3.64. The molecule has 0 aliphatic carbocycles. The summed E-state index contributed by atoms with van der Waals surface area (Å²) < 4.78 is 32.8. The third-order valence-corrected chi connectivity index (χ3v) is 10.5. The average molecular weight is 660 g/mol. The number of nitrogens with zero attached hydrogens (tertiary/aromatic N) is 2. The minimum atomic E-state index is -3.52. The number of hydrogen-bond donors (Lipinski definition) is 1. The van der Waals surface area contributed by atoms with Crippen LogP contribution in [0.15, 0.2) is 108 Å². The number of carbonyl (C=O) groups excluding carboxylic acids is 2. The molecule has 0 aromatic heterocycles. The quantitative estimate of drug-likeness (QED) is 0.186. The maximum atomic E-state index is 14.1. The van der Waals surface area contributed by atoms with Gasteiger partial charge in [0.15, 0.2) is 0 Å². The standard InChI is InChI=1S/C36H38ClN3O5S/c1-45-31-18-13-28(14-19-31)26-40(34(41)22-17-27-15-20-32(21-16-27)46(43,44)39-23-7-8-24-39)35(29-9-3-2-4-10-29)36(42)38-25-30-11-5-6-12-33(30)37/h2-6,9-16,18-21,35H,7-8,17,22-26H2,1H3,(H,38,42)/t35-/m1/s1. The molecule has 1 atom stereocenters. The summed E-state index contributed by atoms with van der Waals surface area (Å²) in [6.07, 6.45) is 2.24. The van der Waals surface area contributed by atoms with Crippen LogP contribution >= 0.6 is 11.6 Å². The van der Waals surface area contributed by atoms with Crippen molar-refractivity contribution < 1.29 is 22.7 Å². The van der Waals surface area contributed by atoms with Crippen LogP contribution in [0.3, 0.4) is 0 Å². The van der Waals surface area contributed by atoms with Crippen molar-refractivity contribution in [3.05, 3.63) is 130 Å². The van der Waals surface area contributed by atoms with Crippen molar-refractivity contribution >= 4 is 33.4 Å². The maximum absolute atomic E-state index is 14.1. The van der Waals surface area contributed by atoms with Crippen molar-refractivity contribution in [2.75, 3.05) is 20.2 Å². The Balaban J connectivity index is 1.39. The van der Waals surface area contributed by atoms with Crippen molar-refractivity contribution in [2.24, 2.45) is 0 Å². The molecular weight excluding hydrogens is 622 g/mol. The number of nitrogens with one attached hydrogen (secondary N) is 1. The van der Waals surface area contributed by atoms with Gasteiger partial charge in [-0.15, -0.1) is 0 Å². The van der Waals surface area contributed by atoms with Crippen LogP contribution in [-0.4, -0.2) is 49.6 Å². The van der Waals surface area contributed by atoms with Gasteiger partial charge in [-0.25, -0.2) is 8.42 Å². The lowest BCUT2D eigenvalue weighted by Crippen LogP contribution is -2.43. The highest BCUT2D eigenvalue weighted by Crippen LogP contribution is 2.27. The zero-order valence-electron chi connectivity index (χ0n) is 25.8. The molecule has 0 bridgehead atoms. The number of carbonyl (C=O) groups is 2. The molecule has 2 amide bonds. The van der Waals surface area contributed by atoms with Crippen molar-refractivity contribution in [1.82, 2.24) is 14.5 Å². The second-order valence-electron chi connectivity index (χ2n) is 11.2. The molecule has 1 aliphatic heterocycles. The first kappa shape index (κ1) is 33.2. The number of ether oxygens (including phenoxy) is 1. The minimum Gasteiger partial charge on any atom is -0.497 e. The molecule has 0 spiro atoms. The van der Waals surface area contributed by atoms with Gasteiger partial charge in [-0.05, 0) is 71.8 Å². The van der Waals surface area contributed by atoms with Gasteiger partial charge in [0, 0.05) is 37.6 Å². The Morgan fingerprint density at radius 2 is 1.50 bits per heavy atom. The molecule has 10 heteroatoms. The molecular formula is C36H38ClN3O5S. The number of sulfonamides is 1. The van der Waals surface area contributed by atoms with Gasteiger partial charge in [0.2, 0.25) is 21.8 Å². The monoisotopic (exact) mass is 659 g/mol. The van der Waals surface area contributed by atoms with E-state index < -0.39 is 16.1 Å². The molecule has 46 heavy (non-hydrogen) atoms. The molecule has 1 aliphatic rings. The van der Waals surface area contributed by atoms with Gasteiger partial charge in [-0.3, -0.25) is 9.59 Å². The highest BCUT2D eigenvalue weighted by Gasteiger charge is 2.32. The van der Waals surface area contributed by atoms with Crippen molar-refractivity contribution in [1.29, 1.82) is 0 Å². The molecule has 5 rings (SSSR count). The Morgan fingerprint density at radius 1 is 0.870 bits per heavy atom. The molecule has 1 fully saturated rings. The molecule has 1 N–H and O–H groups in total. The number of benzene rings is 4. The van der Waals surface area contributed by atoms with Crippen LogP contribution in [0, 0.1) is 0 Å². The molecule has 0 saturated carbocycles. The maximum Gasteiger partial charge on any atom is 0.247 e. The fraction of sp³-hybridized carbons (Fsp3) is 0.278. The molecule has 0 unspecified atom stereocenters. The number of hydrogen-bond acceptors (Lipinski definition) is 5. The van der Waals surface area contributed by atoms with Gasteiger partial charge in [0.25, 0.3) is 0 Å². The lowest BCUT2D eigenvalue weighted by atomic mass is 10.0. The minimum absolute atomic E-state index is 0.121. The molecule has 0 radical (unpaired) electrons. The number of methoxy groups -OCH3 is 1. The predicted octanol–water partition coefficient (Wildman–Crippen LogP) is 6.15. The summed E-state index contributed by atoms with van der Waals surface area (Å²) in [6, 6.07) is 29.8. The molecule has 8 nitrogen and oxygen atoms in total. The number of aryl methyl sites for hydroxylation is 1. The van der Waals surface area contributed by atoms with E-state index in [2.05, 4.69) is 5.32 Å². The first-order chi connectivity index (χ1) is 22.3. The van der Waals surface area contributed by atoms with Gasteiger partial charge >= 0.3 is 0 Å². The van der Waals surface area contributed by atoms with Crippen molar-refractivity contribution in [3.8, 4) is 5.75 Å². The molecule has 1 saturated heterocycles. The van der Waals surface area contributed by atoms with Gasteiger partial charge in [-0.1, -0.05) is 84.4 Å². The Bertz CT molecular complexity index is 1730. The summed E-state index contributed by atoms with van der Waals surface area (Å²) in [5.41, 5.74) is 3.12. The summed E-state index contributed by atoms with van der Waals surface area (Å²) in [5, 5.41) is 3.54. The van der Waals surface area contributed by atoms with E-state index in [1.54, 1.807) is 42.3 Å². The molecule has 1 heterocycles. The third kappa shape index (κ3) is 8.15. The molecule has 4 aromatic rings. The summed E-state index contributed by atoms with van der Waals surface area (Å²) >= 11 is 6.35. The Hall–Kier alpha value is -4.18. The second-order valence-corrected chi connectivity index (χ2v) is 13.6. The van der Waals surface area contributed by atoms with Gasteiger partial charge in [-0.2, -0.15) is 4.31 Å². The largest absolute Gasteiger partial charge is 0.497 e. The lowest BCUT2D eigenvalue weighted by Gasteiger charge is -2.32. The van der Waals surface area contributed by atoms with Crippen LogP contribution in [0.5, 0.6) is 5.75 Å². The van der Waals surface area contributed by atoms with E-state index in [1.807, 2.05) is 72.8 Å². The smallest absolute Gasteiger partial charge is 0.247 e. The van der Waals surface area contributed by atoms with Crippen molar-refractivity contribution in [3.63, 3.8) is 0 Å². The van der Waals surface area contributed by atoms with Crippen LogP contribution in [0.2, 0.25) is 5.02 Å². The first-order valence-corrected chi connectivity index (χ1v) is 17.2. The fourth-order valence-corrected chi connectivity index (χ4v) is 7.30. The summed E-state index contributed by atoms with van der Waals surface area (Å²) in [6.45, 7) is 1.47.